The molecule has 1 aromatic rings. The second kappa shape index (κ2) is 6.77. The Kier molecular flexibility index (Phi) is 5.65. The van der Waals surface area contributed by atoms with E-state index in [1.807, 2.05) is 12.5 Å². The summed E-state index contributed by atoms with van der Waals surface area (Å²) in [6.07, 6.45) is 3.68. The van der Waals surface area contributed by atoms with Crippen LogP contribution < -0.4 is 5.73 Å². The fraction of sp³-hybridized carbons (Fsp3) is 0.769. The molecule has 2 N–H and O–H groups in total. The number of hydrogen-bond acceptors (Lipinski definition) is 3. The van der Waals surface area contributed by atoms with Gasteiger partial charge in [-0.2, -0.15) is 0 Å². The molecule has 0 radical (unpaired) electrons. The summed E-state index contributed by atoms with van der Waals surface area (Å²) in [6.45, 7) is 10.9. The monoisotopic (exact) mass is 239 g/mol. The van der Waals surface area contributed by atoms with Crippen molar-refractivity contribution in [2.45, 2.75) is 40.3 Å². The van der Waals surface area contributed by atoms with Crippen molar-refractivity contribution in [3.63, 3.8) is 0 Å². The Bertz CT molecular complexity index is 320. The summed E-state index contributed by atoms with van der Waals surface area (Å²) in [7, 11) is 0. The van der Waals surface area contributed by atoms with Crippen LogP contribution in [0.1, 0.15) is 39.4 Å². The molecule has 0 fully saturated rings. The Hall–Kier alpha value is -0.870. The van der Waals surface area contributed by atoms with Crippen LogP contribution in [-0.4, -0.2) is 22.8 Å². The molecule has 1 aromatic heterocycles. The highest BCUT2D eigenvalue weighted by molar-refractivity contribution is 5.05. The molecule has 98 valence electrons. The molecule has 0 bridgehead atoms. The van der Waals surface area contributed by atoms with E-state index in [0.717, 1.165) is 18.8 Å². The maximum absolute atomic E-state index is 6.13. The first kappa shape index (κ1) is 14.2. The first-order valence-electron chi connectivity index (χ1n) is 6.35. The fourth-order valence-corrected chi connectivity index (χ4v) is 1.62. The highest BCUT2D eigenvalue weighted by atomic mass is 16.5. The van der Waals surface area contributed by atoms with E-state index in [1.54, 1.807) is 0 Å². The number of nitrogens with zero attached hydrogens (tertiary/aromatic N) is 2. The molecule has 0 aromatic carbocycles. The number of rotatable bonds is 7. The van der Waals surface area contributed by atoms with Gasteiger partial charge in [0.05, 0.1) is 18.6 Å². The number of ether oxygens (including phenoxy) is 1. The third-order valence-corrected chi connectivity index (χ3v) is 2.73. The van der Waals surface area contributed by atoms with E-state index in [-0.39, 0.29) is 6.04 Å². The lowest BCUT2D eigenvalue weighted by Gasteiger charge is -2.18. The predicted molar refractivity (Wildman–Crippen MR) is 69.7 cm³/mol. The lowest BCUT2D eigenvalue weighted by atomic mass is 10.0. The van der Waals surface area contributed by atoms with E-state index in [2.05, 4.69) is 37.2 Å². The average Bonchev–Trinajstić information content (AvgIpc) is 2.71. The molecule has 4 nitrogen and oxygen atoms in total. The highest BCUT2D eigenvalue weighted by Gasteiger charge is 2.14. The number of imidazole rings is 1. The fourth-order valence-electron chi connectivity index (χ4n) is 1.62. The third-order valence-electron chi connectivity index (χ3n) is 2.73. The van der Waals surface area contributed by atoms with Gasteiger partial charge in [-0.1, -0.05) is 27.7 Å². The van der Waals surface area contributed by atoms with E-state index in [9.17, 15) is 0 Å². The Balaban J connectivity index is 2.46. The van der Waals surface area contributed by atoms with Gasteiger partial charge in [0, 0.05) is 25.4 Å². The molecule has 1 atom stereocenters. The van der Waals surface area contributed by atoms with Crippen LogP contribution in [0.3, 0.4) is 0 Å². The van der Waals surface area contributed by atoms with E-state index in [0.29, 0.717) is 18.4 Å². The van der Waals surface area contributed by atoms with Gasteiger partial charge in [-0.3, -0.25) is 0 Å². The van der Waals surface area contributed by atoms with Crippen molar-refractivity contribution in [3.05, 3.63) is 18.2 Å². The Morgan fingerprint density at radius 3 is 2.65 bits per heavy atom. The molecule has 1 heterocycles. The van der Waals surface area contributed by atoms with Crippen LogP contribution in [0, 0.1) is 11.8 Å². The van der Waals surface area contributed by atoms with Crippen LogP contribution in [0.4, 0.5) is 0 Å². The molecule has 17 heavy (non-hydrogen) atoms. The van der Waals surface area contributed by atoms with Gasteiger partial charge in [0.1, 0.15) is 0 Å². The predicted octanol–water partition coefficient (Wildman–Crippen LogP) is 2.21. The summed E-state index contributed by atoms with van der Waals surface area (Å²) < 4.78 is 7.66. The van der Waals surface area contributed by atoms with Crippen molar-refractivity contribution in [2.75, 3.05) is 13.2 Å². The topological polar surface area (TPSA) is 53.1 Å². The van der Waals surface area contributed by atoms with Gasteiger partial charge in [0.25, 0.3) is 0 Å². The molecule has 1 unspecified atom stereocenters. The summed E-state index contributed by atoms with van der Waals surface area (Å²) >= 11 is 0. The second-order valence-corrected chi connectivity index (χ2v) is 5.25. The zero-order valence-corrected chi connectivity index (χ0v) is 11.4. The van der Waals surface area contributed by atoms with Crippen LogP contribution >= 0.6 is 0 Å². The highest BCUT2D eigenvalue weighted by Crippen LogP contribution is 2.18. The van der Waals surface area contributed by atoms with Crippen molar-refractivity contribution < 1.29 is 4.74 Å². The van der Waals surface area contributed by atoms with Crippen LogP contribution in [0.2, 0.25) is 0 Å². The van der Waals surface area contributed by atoms with Crippen molar-refractivity contribution in [1.29, 1.82) is 0 Å². The Morgan fingerprint density at radius 2 is 2.06 bits per heavy atom. The molecule has 0 saturated heterocycles. The number of aromatic nitrogens is 2. The van der Waals surface area contributed by atoms with Gasteiger partial charge in [-0.15, -0.1) is 0 Å². The normalized spacial score (nSPS) is 13.6. The smallest absolute Gasteiger partial charge is 0.0949 e. The summed E-state index contributed by atoms with van der Waals surface area (Å²) in [6, 6.07) is 0.0441. The molecule has 0 aliphatic carbocycles. The molecule has 0 aliphatic rings. The molecular weight excluding hydrogens is 214 g/mol. The van der Waals surface area contributed by atoms with E-state index in [1.165, 1.54) is 0 Å². The molecule has 0 amide bonds. The van der Waals surface area contributed by atoms with Gasteiger partial charge in [0.2, 0.25) is 0 Å². The van der Waals surface area contributed by atoms with Gasteiger partial charge >= 0.3 is 0 Å². The van der Waals surface area contributed by atoms with Crippen molar-refractivity contribution >= 4 is 0 Å². The van der Waals surface area contributed by atoms with Crippen LogP contribution in [0.25, 0.3) is 0 Å². The second-order valence-electron chi connectivity index (χ2n) is 5.25. The first-order valence-corrected chi connectivity index (χ1v) is 6.35. The summed E-state index contributed by atoms with van der Waals surface area (Å²) in [5, 5.41) is 0. The molecule has 0 aliphatic heterocycles. The quantitative estimate of drug-likeness (QED) is 0.742. The standard InChI is InChI=1S/C13H25N3O/c1-10(2)8-17-6-5-16-9-15-7-12(16)13(14)11(3)4/h7,9-11,13H,5-6,8,14H2,1-4H3. The molecule has 0 saturated carbocycles. The SMILES string of the molecule is CC(C)COCCn1cncc1C(N)C(C)C. The van der Waals surface area contributed by atoms with Gasteiger partial charge in [-0.05, 0) is 11.8 Å². The minimum Gasteiger partial charge on any atom is -0.379 e. The number of nitrogens with two attached hydrogens (primary N) is 1. The lowest BCUT2D eigenvalue weighted by Crippen LogP contribution is -2.21. The van der Waals surface area contributed by atoms with E-state index in [4.69, 9.17) is 10.5 Å². The maximum Gasteiger partial charge on any atom is 0.0949 e. The average molecular weight is 239 g/mol. The Labute approximate surface area is 104 Å². The molecule has 1 rings (SSSR count). The summed E-state index contributed by atoms with van der Waals surface area (Å²) in [5.41, 5.74) is 7.22. The van der Waals surface area contributed by atoms with E-state index < -0.39 is 0 Å². The molecule has 4 heteroatoms. The molecular formula is C13H25N3O. The number of hydrogen-bond donors (Lipinski definition) is 1. The maximum atomic E-state index is 6.13. The first-order chi connectivity index (χ1) is 8.02. The van der Waals surface area contributed by atoms with Gasteiger partial charge in [0.15, 0.2) is 0 Å². The van der Waals surface area contributed by atoms with Crippen molar-refractivity contribution in [1.82, 2.24) is 9.55 Å². The summed E-state index contributed by atoms with van der Waals surface area (Å²) in [5.74, 6) is 0.997. The van der Waals surface area contributed by atoms with Crippen molar-refractivity contribution in [2.24, 2.45) is 17.6 Å². The van der Waals surface area contributed by atoms with E-state index >= 15 is 0 Å². The van der Waals surface area contributed by atoms with Crippen LogP contribution in [-0.2, 0) is 11.3 Å². The van der Waals surface area contributed by atoms with Crippen LogP contribution in [0.5, 0.6) is 0 Å². The minimum atomic E-state index is 0.0441. The largest absolute Gasteiger partial charge is 0.379 e. The Morgan fingerprint density at radius 1 is 1.35 bits per heavy atom. The van der Waals surface area contributed by atoms with Gasteiger partial charge < -0.3 is 15.0 Å². The lowest BCUT2D eigenvalue weighted by molar-refractivity contribution is 0.102. The zero-order chi connectivity index (χ0) is 12.8. The van der Waals surface area contributed by atoms with Crippen LogP contribution in [0.15, 0.2) is 12.5 Å². The van der Waals surface area contributed by atoms with Gasteiger partial charge in [-0.25, -0.2) is 4.98 Å². The summed E-state index contributed by atoms with van der Waals surface area (Å²) in [4.78, 5) is 4.17. The molecule has 0 spiro atoms. The third kappa shape index (κ3) is 4.48. The minimum absolute atomic E-state index is 0.0441. The van der Waals surface area contributed by atoms with Crippen molar-refractivity contribution in [3.8, 4) is 0 Å². The zero-order valence-electron chi connectivity index (χ0n) is 11.4.